The van der Waals surface area contributed by atoms with Crippen LogP contribution in [0.3, 0.4) is 0 Å². The van der Waals surface area contributed by atoms with E-state index in [0.717, 1.165) is 11.1 Å². The van der Waals surface area contributed by atoms with E-state index < -0.39 is 0 Å². The Morgan fingerprint density at radius 1 is 1.10 bits per heavy atom. The van der Waals surface area contributed by atoms with Gasteiger partial charge in [-0.1, -0.05) is 12.1 Å². The highest BCUT2D eigenvalue weighted by atomic mass is 16.1. The summed E-state index contributed by atoms with van der Waals surface area (Å²) < 4.78 is 0. The largest absolute Gasteiger partial charge is 0.397 e. The third kappa shape index (κ3) is 2.53. The molecule has 0 atom stereocenters. The lowest BCUT2D eigenvalue weighted by Crippen LogP contribution is -2.14. The number of nitrogen functional groups attached to an aromatic ring is 1. The molecule has 0 aliphatic rings. The van der Waals surface area contributed by atoms with Crippen molar-refractivity contribution < 1.29 is 4.79 Å². The van der Waals surface area contributed by atoms with Gasteiger partial charge in [0, 0.05) is 18.0 Å². The molecule has 21 heavy (non-hydrogen) atoms. The minimum absolute atomic E-state index is 0.219. The molecule has 1 heterocycles. The SMILES string of the molecule is Cc1cccc(N)c1NC(=O)c1ccc2nccnc2c1. The fourth-order valence-corrected chi connectivity index (χ4v) is 2.15. The minimum atomic E-state index is -0.219. The van der Waals surface area contributed by atoms with Crippen molar-refractivity contribution in [2.45, 2.75) is 6.92 Å². The summed E-state index contributed by atoms with van der Waals surface area (Å²) in [7, 11) is 0. The van der Waals surface area contributed by atoms with Crippen molar-refractivity contribution in [1.82, 2.24) is 9.97 Å². The number of nitrogens with zero attached hydrogens (tertiary/aromatic N) is 2. The average molecular weight is 278 g/mol. The second kappa shape index (κ2) is 5.20. The van der Waals surface area contributed by atoms with Gasteiger partial charge < -0.3 is 11.1 Å². The van der Waals surface area contributed by atoms with Crippen LogP contribution in [0.25, 0.3) is 11.0 Å². The molecule has 0 aliphatic heterocycles. The summed E-state index contributed by atoms with van der Waals surface area (Å²) >= 11 is 0. The van der Waals surface area contributed by atoms with E-state index >= 15 is 0 Å². The van der Waals surface area contributed by atoms with Gasteiger partial charge in [0.2, 0.25) is 0 Å². The Hall–Kier alpha value is -2.95. The molecule has 3 N–H and O–H groups in total. The van der Waals surface area contributed by atoms with Crippen LogP contribution in [-0.2, 0) is 0 Å². The molecule has 104 valence electrons. The molecule has 0 spiro atoms. The summed E-state index contributed by atoms with van der Waals surface area (Å²) in [5.41, 5.74) is 9.96. The van der Waals surface area contributed by atoms with Gasteiger partial charge in [-0.2, -0.15) is 0 Å². The Labute approximate surface area is 121 Å². The van der Waals surface area contributed by atoms with E-state index in [4.69, 9.17) is 5.73 Å². The number of para-hydroxylation sites is 1. The van der Waals surface area contributed by atoms with E-state index in [2.05, 4.69) is 15.3 Å². The van der Waals surface area contributed by atoms with E-state index in [9.17, 15) is 4.79 Å². The molecule has 0 fully saturated rings. The first-order valence-corrected chi connectivity index (χ1v) is 6.52. The molecule has 1 aromatic heterocycles. The molecule has 2 aromatic carbocycles. The van der Waals surface area contributed by atoms with Gasteiger partial charge in [0.15, 0.2) is 0 Å². The molecule has 0 radical (unpaired) electrons. The summed E-state index contributed by atoms with van der Waals surface area (Å²) in [5, 5.41) is 2.85. The zero-order chi connectivity index (χ0) is 14.8. The number of carbonyl (C=O) groups is 1. The van der Waals surface area contributed by atoms with Crippen molar-refractivity contribution in [2.75, 3.05) is 11.1 Å². The van der Waals surface area contributed by atoms with E-state index in [-0.39, 0.29) is 5.91 Å². The summed E-state index contributed by atoms with van der Waals surface area (Å²) in [5.74, 6) is -0.219. The second-order valence-electron chi connectivity index (χ2n) is 4.75. The topological polar surface area (TPSA) is 80.9 Å². The fraction of sp³-hybridized carbons (Fsp3) is 0.0625. The second-order valence-corrected chi connectivity index (χ2v) is 4.75. The quantitative estimate of drug-likeness (QED) is 0.706. The molecule has 0 aliphatic carbocycles. The molecule has 5 nitrogen and oxygen atoms in total. The van der Waals surface area contributed by atoms with Crippen molar-refractivity contribution >= 4 is 28.3 Å². The number of benzene rings is 2. The number of rotatable bonds is 2. The van der Waals surface area contributed by atoms with E-state index in [1.54, 1.807) is 36.7 Å². The number of aromatic nitrogens is 2. The summed E-state index contributed by atoms with van der Waals surface area (Å²) in [4.78, 5) is 20.7. The van der Waals surface area contributed by atoms with Gasteiger partial charge >= 0.3 is 0 Å². The van der Waals surface area contributed by atoms with Crippen molar-refractivity contribution in [1.29, 1.82) is 0 Å². The van der Waals surface area contributed by atoms with Crippen molar-refractivity contribution in [3.8, 4) is 0 Å². The minimum Gasteiger partial charge on any atom is -0.397 e. The fourth-order valence-electron chi connectivity index (χ4n) is 2.15. The Kier molecular flexibility index (Phi) is 3.23. The van der Waals surface area contributed by atoms with Crippen LogP contribution in [0.4, 0.5) is 11.4 Å². The Morgan fingerprint density at radius 2 is 1.86 bits per heavy atom. The zero-order valence-corrected chi connectivity index (χ0v) is 11.5. The highest BCUT2D eigenvalue weighted by molar-refractivity contribution is 6.07. The predicted octanol–water partition coefficient (Wildman–Crippen LogP) is 2.77. The number of anilines is 2. The molecule has 0 unspecified atom stereocenters. The maximum absolute atomic E-state index is 12.3. The standard InChI is InChI=1S/C16H14N4O/c1-10-3-2-4-12(17)15(10)20-16(21)11-5-6-13-14(9-11)19-8-7-18-13/h2-9H,17H2,1H3,(H,20,21). The van der Waals surface area contributed by atoms with Gasteiger partial charge in [0.25, 0.3) is 5.91 Å². The molecule has 0 saturated carbocycles. The zero-order valence-electron chi connectivity index (χ0n) is 11.5. The van der Waals surface area contributed by atoms with Gasteiger partial charge in [0.1, 0.15) is 0 Å². The van der Waals surface area contributed by atoms with Crippen molar-refractivity contribution in [3.05, 3.63) is 59.9 Å². The molecule has 1 amide bonds. The van der Waals surface area contributed by atoms with Crippen LogP contribution >= 0.6 is 0 Å². The summed E-state index contributed by atoms with van der Waals surface area (Å²) in [6, 6.07) is 10.7. The Balaban J connectivity index is 1.94. The number of amides is 1. The number of aryl methyl sites for hydroxylation is 1. The molecule has 0 saturated heterocycles. The molecule has 3 rings (SSSR count). The lowest BCUT2D eigenvalue weighted by atomic mass is 10.1. The number of nitrogens with two attached hydrogens (primary N) is 1. The summed E-state index contributed by atoms with van der Waals surface area (Å²) in [6.45, 7) is 1.90. The Bertz CT molecular complexity index is 809. The highest BCUT2D eigenvalue weighted by Crippen LogP contribution is 2.23. The third-order valence-electron chi connectivity index (χ3n) is 3.28. The van der Waals surface area contributed by atoms with Crippen LogP contribution in [0.15, 0.2) is 48.8 Å². The van der Waals surface area contributed by atoms with Gasteiger partial charge in [-0.15, -0.1) is 0 Å². The van der Waals surface area contributed by atoms with Crippen LogP contribution in [0.1, 0.15) is 15.9 Å². The van der Waals surface area contributed by atoms with Crippen LogP contribution in [0.2, 0.25) is 0 Å². The average Bonchev–Trinajstić information content (AvgIpc) is 2.50. The monoisotopic (exact) mass is 278 g/mol. The first-order chi connectivity index (χ1) is 10.1. The first kappa shape index (κ1) is 13.1. The van der Waals surface area contributed by atoms with E-state index in [1.807, 2.05) is 19.1 Å². The molecular formula is C16H14N4O. The molecule has 5 heteroatoms. The molecular weight excluding hydrogens is 264 g/mol. The first-order valence-electron chi connectivity index (χ1n) is 6.52. The van der Waals surface area contributed by atoms with Crippen LogP contribution in [-0.4, -0.2) is 15.9 Å². The predicted molar refractivity (Wildman–Crippen MR) is 83.1 cm³/mol. The highest BCUT2D eigenvalue weighted by Gasteiger charge is 2.11. The summed E-state index contributed by atoms with van der Waals surface area (Å²) in [6.07, 6.45) is 3.22. The van der Waals surface area contributed by atoms with Crippen molar-refractivity contribution in [2.24, 2.45) is 0 Å². The van der Waals surface area contributed by atoms with Crippen LogP contribution in [0, 0.1) is 6.92 Å². The van der Waals surface area contributed by atoms with Crippen LogP contribution in [0.5, 0.6) is 0 Å². The molecule has 0 bridgehead atoms. The van der Waals surface area contributed by atoms with Gasteiger partial charge in [-0.3, -0.25) is 14.8 Å². The number of nitrogens with one attached hydrogen (secondary N) is 1. The number of carbonyl (C=O) groups excluding carboxylic acids is 1. The lowest BCUT2D eigenvalue weighted by Gasteiger charge is -2.11. The third-order valence-corrected chi connectivity index (χ3v) is 3.28. The number of hydrogen-bond donors (Lipinski definition) is 2. The van der Waals surface area contributed by atoms with Crippen molar-refractivity contribution in [3.63, 3.8) is 0 Å². The van der Waals surface area contributed by atoms with Gasteiger partial charge in [-0.25, -0.2) is 0 Å². The normalized spacial score (nSPS) is 10.5. The lowest BCUT2D eigenvalue weighted by molar-refractivity contribution is 0.102. The maximum atomic E-state index is 12.3. The Morgan fingerprint density at radius 3 is 2.62 bits per heavy atom. The number of hydrogen-bond acceptors (Lipinski definition) is 4. The maximum Gasteiger partial charge on any atom is 0.255 e. The van der Waals surface area contributed by atoms with E-state index in [1.165, 1.54) is 0 Å². The molecule has 3 aromatic rings. The van der Waals surface area contributed by atoms with E-state index in [0.29, 0.717) is 22.5 Å². The van der Waals surface area contributed by atoms with Gasteiger partial charge in [-0.05, 0) is 36.8 Å². The number of fused-ring (bicyclic) bond motifs is 1. The smallest absolute Gasteiger partial charge is 0.255 e. The van der Waals surface area contributed by atoms with Crippen LogP contribution < -0.4 is 11.1 Å². The van der Waals surface area contributed by atoms with Gasteiger partial charge in [0.05, 0.1) is 22.4 Å².